The number of anilines is 1. The van der Waals surface area contributed by atoms with Gasteiger partial charge in [0.05, 0.1) is 11.4 Å². The highest BCUT2D eigenvalue weighted by molar-refractivity contribution is 7.13. The van der Waals surface area contributed by atoms with E-state index >= 15 is 0 Å². The van der Waals surface area contributed by atoms with Gasteiger partial charge in [0.25, 0.3) is 0 Å². The van der Waals surface area contributed by atoms with Crippen LogP contribution in [0.5, 0.6) is 0 Å². The van der Waals surface area contributed by atoms with Crippen LogP contribution in [-0.4, -0.2) is 4.98 Å². The van der Waals surface area contributed by atoms with Gasteiger partial charge in [-0.15, -0.1) is 11.3 Å². The third-order valence-corrected chi connectivity index (χ3v) is 4.13. The smallest absolute Gasteiger partial charge is 0.236 e. The summed E-state index contributed by atoms with van der Waals surface area (Å²) in [6, 6.07) is 8.64. The summed E-state index contributed by atoms with van der Waals surface area (Å²) in [5.41, 5.74) is 2.60. The van der Waals surface area contributed by atoms with Crippen LogP contribution in [0.1, 0.15) is 17.0 Å². The molecule has 0 unspecified atom stereocenters. The second-order valence-corrected chi connectivity index (χ2v) is 5.76. The lowest BCUT2D eigenvalue weighted by Gasteiger charge is -2.08. The van der Waals surface area contributed by atoms with Crippen LogP contribution >= 0.6 is 11.3 Å². The van der Waals surface area contributed by atoms with Gasteiger partial charge in [0.15, 0.2) is 0 Å². The third-order valence-electron chi connectivity index (χ3n) is 3.27. The van der Waals surface area contributed by atoms with Gasteiger partial charge in [-0.3, -0.25) is 0 Å². The predicted octanol–water partition coefficient (Wildman–Crippen LogP) is 4.77. The second kappa shape index (κ2) is 5.69. The predicted molar refractivity (Wildman–Crippen MR) is 83.0 cm³/mol. The summed E-state index contributed by atoms with van der Waals surface area (Å²) in [7, 11) is 0. The number of hydrogen-bond donors (Lipinski definition) is 1. The standard InChI is InChI=1S/C16H15FN2OS/c1-10-5-6-12(17)8-13(10)18-9-14-11(2)20-16(19-14)15-4-3-7-21-15/h3-8,18H,9H2,1-2H3. The molecule has 5 heteroatoms. The Morgan fingerprint density at radius 3 is 2.90 bits per heavy atom. The van der Waals surface area contributed by atoms with Crippen LogP contribution in [0, 0.1) is 19.7 Å². The van der Waals surface area contributed by atoms with Gasteiger partial charge in [-0.05, 0) is 43.0 Å². The summed E-state index contributed by atoms with van der Waals surface area (Å²) < 4.78 is 19.0. The highest BCUT2D eigenvalue weighted by atomic mass is 32.1. The molecular formula is C16H15FN2OS. The molecule has 1 N–H and O–H groups in total. The lowest BCUT2D eigenvalue weighted by molar-refractivity contribution is 0.541. The number of aryl methyl sites for hydroxylation is 2. The molecule has 0 aliphatic heterocycles. The lowest BCUT2D eigenvalue weighted by Crippen LogP contribution is -2.03. The molecular weight excluding hydrogens is 287 g/mol. The SMILES string of the molecule is Cc1ccc(F)cc1NCc1nc(-c2cccs2)oc1C. The topological polar surface area (TPSA) is 38.1 Å². The van der Waals surface area contributed by atoms with E-state index in [1.807, 2.05) is 31.4 Å². The Morgan fingerprint density at radius 1 is 1.29 bits per heavy atom. The number of nitrogens with zero attached hydrogens (tertiary/aromatic N) is 1. The number of oxazole rings is 1. The van der Waals surface area contributed by atoms with Crippen molar-refractivity contribution in [3.8, 4) is 10.8 Å². The van der Waals surface area contributed by atoms with Gasteiger partial charge in [0.1, 0.15) is 17.3 Å². The molecule has 2 heterocycles. The van der Waals surface area contributed by atoms with Crippen molar-refractivity contribution in [3.63, 3.8) is 0 Å². The first-order chi connectivity index (χ1) is 10.1. The largest absolute Gasteiger partial charge is 0.440 e. The fourth-order valence-corrected chi connectivity index (χ4v) is 2.71. The number of aromatic nitrogens is 1. The second-order valence-electron chi connectivity index (χ2n) is 4.81. The number of thiophene rings is 1. The molecule has 0 bridgehead atoms. The van der Waals surface area contributed by atoms with Gasteiger partial charge < -0.3 is 9.73 Å². The van der Waals surface area contributed by atoms with E-state index in [0.717, 1.165) is 27.6 Å². The minimum absolute atomic E-state index is 0.251. The highest BCUT2D eigenvalue weighted by Crippen LogP contribution is 2.26. The molecule has 1 aromatic carbocycles. The zero-order valence-electron chi connectivity index (χ0n) is 11.8. The van der Waals surface area contributed by atoms with Gasteiger partial charge in [0.2, 0.25) is 5.89 Å². The van der Waals surface area contributed by atoms with Crippen LogP contribution in [0.3, 0.4) is 0 Å². The van der Waals surface area contributed by atoms with Crippen molar-refractivity contribution in [1.29, 1.82) is 0 Å². The number of rotatable bonds is 4. The molecule has 108 valence electrons. The van der Waals surface area contributed by atoms with E-state index in [1.54, 1.807) is 17.4 Å². The summed E-state index contributed by atoms with van der Waals surface area (Å²) in [4.78, 5) is 5.51. The first-order valence-electron chi connectivity index (χ1n) is 6.63. The van der Waals surface area contributed by atoms with E-state index in [-0.39, 0.29) is 5.82 Å². The molecule has 0 aliphatic rings. The summed E-state index contributed by atoms with van der Waals surface area (Å²) in [6.45, 7) is 4.33. The molecule has 3 aromatic rings. The van der Waals surface area contributed by atoms with Crippen molar-refractivity contribution in [2.75, 3.05) is 5.32 Å². The third kappa shape index (κ3) is 2.97. The minimum atomic E-state index is -0.251. The minimum Gasteiger partial charge on any atom is -0.440 e. The molecule has 0 saturated carbocycles. The van der Waals surface area contributed by atoms with E-state index < -0.39 is 0 Å². The lowest BCUT2D eigenvalue weighted by atomic mass is 10.2. The number of hydrogen-bond acceptors (Lipinski definition) is 4. The zero-order valence-corrected chi connectivity index (χ0v) is 12.6. The fraction of sp³-hybridized carbons (Fsp3) is 0.188. The molecule has 0 spiro atoms. The van der Waals surface area contributed by atoms with Gasteiger partial charge in [-0.2, -0.15) is 0 Å². The Balaban J connectivity index is 1.78. The molecule has 0 fully saturated rings. The molecule has 0 atom stereocenters. The van der Waals surface area contributed by atoms with Crippen LogP contribution in [0.2, 0.25) is 0 Å². The first kappa shape index (κ1) is 13.8. The molecule has 0 amide bonds. The van der Waals surface area contributed by atoms with E-state index in [0.29, 0.717) is 12.4 Å². The van der Waals surface area contributed by atoms with Crippen molar-refractivity contribution in [2.45, 2.75) is 20.4 Å². The summed E-state index contributed by atoms with van der Waals surface area (Å²) in [6.07, 6.45) is 0. The maximum Gasteiger partial charge on any atom is 0.236 e. The van der Waals surface area contributed by atoms with Crippen LogP contribution < -0.4 is 5.32 Å². The number of halogens is 1. The van der Waals surface area contributed by atoms with Crippen molar-refractivity contribution in [3.05, 3.63) is 58.5 Å². The van der Waals surface area contributed by atoms with Gasteiger partial charge in [0, 0.05) is 5.69 Å². The number of benzene rings is 1. The fourth-order valence-electron chi connectivity index (χ4n) is 2.06. The maximum absolute atomic E-state index is 13.3. The van der Waals surface area contributed by atoms with Gasteiger partial charge in [-0.1, -0.05) is 12.1 Å². The van der Waals surface area contributed by atoms with Crippen LogP contribution in [0.4, 0.5) is 10.1 Å². The van der Waals surface area contributed by atoms with Crippen LogP contribution in [-0.2, 0) is 6.54 Å². The summed E-state index contributed by atoms with van der Waals surface area (Å²) >= 11 is 1.59. The summed E-state index contributed by atoms with van der Waals surface area (Å²) in [5, 5.41) is 5.20. The van der Waals surface area contributed by atoms with E-state index in [1.165, 1.54) is 12.1 Å². The van der Waals surface area contributed by atoms with Crippen LogP contribution in [0.25, 0.3) is 10.8 Å². The molecule has 0 radical (unpaired) electrons. The molecule has 21 heavy (non-hydrogen) atoms. The van der Waals surface area contributed by atoms with E-state index in [4.69, 9.17) is 4.42 Å². The zero-order chi connectivity index (χ0) is 14.8. The highest BCUT2D eigenvalue weighted by Gasteiger charge is 2.12. The van der Waals surface area contributed by atoms with Crippen LogP contribution in [0.15, 0.2) is 40.1 Å². The number of nitrogens with one attached hydrogen (secondary N) is 1. The Hall–Kier alpha value is -2.14. The average molecular weight is 302 g/mol. The Kier molecular flexibility index (Phi) is 3.75. The van der Waals surface area contributed by atoms with Gasteiger partial charge >= 0.3 is 0 Å². The van der Waals surface area contributed by atoms with Crippen molar-refractivity contribution < 1.29 is 8.81 Å². The summed E-state index contributed by atoms with van der Waals surface area (Å²) in [5.74, 6) is 1.16. The average Bonchev–Trinajstić information content (AvgIpc) is 3.09. The first-order valence-corrected chi connectivity index (χ1v) is 7.51. The molecule has 2 aromatic heterocycles. The monoisotopic (exact) mass is 302 g/mol. The van der Waals surface area contributed by atoms with E-state index in [9.17, 15) is 4.39 Å². The Bertz CT molecular complexity index is 750. The van der Waals surface area contributed by atoms with Crippen molar-refractivity contribution in [2.24, 2.45) is 0 Å². The quantitative estimate of drug-likeness (QED) is 0.754. The Morgan fingerprint density at radius 2 is 2.14 bits per heavy atom. The van der Waals surface area contributed by atoms with E-state index in [2.05, 4.69) is 10.3 Å². The molecule has 3 nitrogen and oxygen atoms in total. The molecule has 0 aliphatic carbocycles. The Labute approximate surface area is 126 Å². The van der Waals surface area contributed by atoms with Crippen molar-refractivity contribution in [1.82, 2.24) is 4.98 Å². The van der Waals surface area contributed by atoms with Gasteiger partial charge in [-0.25, -0.2) is 9.37 Å². The molecule has 3 rings (SSSR count). The van der Waals surface area contributed by atoms with Crippen molar-refractivity contribution >= 4 is 17.0 Å². The maximum atomic E-state index is 13.3. The molecule has 0 saturated heterocycles. The normalized spacial score (nSPS) is 10.8.